The number of benzene rings is 1. The number of rotatable bonds is 6. The number of carbonyl (C=O) groups excluding carboxylic acids is 1. The number of aromatic nitrogens is 3. The summed E-state index contributed by atoms with van der Waals surface area (Å²) < 4.78 is 18.9. The van der Waals surface area contributed by atoms with E-state index in [4.69, 9.17) is 4.74 Å². The molecule has 3 heterocycles. The van der Waals surface area contributed by atoms with Crippen LogP contribution in [-0.4, -0.2) is 39.1 Å². The average molecular weight is 408 g/mol. The molecule has 1 aliphatic heterocycles. The third kappa shape index (κ3) is 4.35. The number of nitrogens with zero attached hydrogens (tertiary/aromatic N) is 3. The maximum atomic E-state index is 13.3. The van der Waals surface area contributed by atoms with Crippen LogP contribution in [0.5, 0.6) is 5.75 Å². The highest BCUT2D eigenvalue weighted by Gasteiger charge is 2.31. The van der Waals surface area contributed by atoms with Crippen LogP contribution in [0.25, 0.3) is 11.1 Å². The van der Waals surface area contributed by atoms with Gasteiger partial charge in [0.1, 0.15) is 11.6 Å². The molecule has 2 aromatic heterocycles. The zero-order valence-electron chi connectivity index (χ0n) is 17.0. The van der Waals surface area contributed by atoms with Crippen molar-refractivity contribution < 1.29 is 13.9 Å². The maximum Gasteiger partial charge on any atom is 0.226 e. The summed E-state index contributed by atoms with van der Waals surface area (Å²) in [7, 11) is 0. The van der Waals surface area contributed by atoms with Crippen molar-refractivity contribution in [2.45, 2.75) is 38.6 Å². The number of piperidine rings is 1. The molecule has 1 fully saturated rings. The number of halogens is 1. The Morgan fingerprint density at radius 3 is 3.00 bits per heavy atom. The molecule has 3 aromatic rings. The first-order chi connectivity index (χ1) is 14.6. The van der Waals surface area contributed by atoms with Crippen LogP contribution in [-0.2, 0) is 4.79 Å². The van der Waals surface area contributed by atoms with Crippen molar-refractivity contribution in [2.24, 2.45) is 0 Å². The molecule has 0 radical (unpaired) electrons. The molecular weight excluding hydrogens is 383 g/mol. The van der Waals surface area contributed by atoms with Gasteiger partial charge in [-0.15, -0.1) is 0 Å². The second-order valence-corrected chi connectivity index (χ2v) is 7.54. The summed E-state index contributed by atoms with van der Waals surface area (Å²) in [6.07, 6.45) is 8.58. The number of pyridine rings is 1. The predicted molar refractivity (Wildman–Crippen MR) is 111 cm³/mol. The number of likely N-dealkylation sites (tertiary alicyclic amines) is 1. The molecule has 4 rings (SSSR count). The molecular formula is C23H25FN4O2. The van der Waals surface area contributed by atoms with Gasteiger partial charge in [-0.3, -0.25) is 14.9 Å². The smallest absolute Gasteiger partial charge is 0.226 e. The first-order valence-corrected chi connectivity index (χ1v) is 10.3. The number of aryl methyl sites for hydroxylation is 1. The summed E-state index contributed by atoms with van der Waals surface area (Å²) in [5.74, 6) is 0.109. The Labute approximate surface area is 175 Å². The van der Waals surface area contributed by atoms with Gasteiger partial charge in [-0.25, -0.2) is 4.39 Å². The van der Waals surface area contributed by atoms with E-state index in [-0.39, 0.29) is 30.8 Å². The van der Waals surface area contributed by atoms with E-state index >= 15 is 0 Å². The van der Waals surface area contributed by atoms with Crippen LogP contribution in [0.15, 0.2) is 48.9 Å². The minimum atomic E-state index is -0.354. The van der Waals surface area contributed by atoms with Crippen LogP contribution in [0.1, 0.15) is 43.0 Å². The van der Waals surface area contributed by atoms with Gasteiger partial charge in [-0.05, 0) is 55.5 Å². The third-order valence-corrected chi connectivity index (χ3v) is 5.52. The highest BCUT2D eigenvalue weighted by molar-refractivity contribution is 5.78. The molecule has 0 bridgehead atoms. The second-order valence-electron chi connectivity index (χ2n) is 7.54. The zero-order valence-corrected chi connectivity index (χ0v) is 17.0. The topological polar surface area (TPSA) is 71.1 Å². The average Bonchev–Trinajstić information content (AvgIpc) is 3.23. The number of amides is 1. The van der Waals surface area contributed by atoms with Crippen molar-refractivity contribution in [1.29, 1.82) is 0 Å². The van der Waals surface area contributed by atoms with Crippen LogP contribution in [0.4, 0.5) is 4.39 Å². The molecule has 1 N–H and O–H groups in total. The highest BCUT2D eigenvalue weighted by Crippen LogP contribution is 2.36. The van der Waals surface area contributed by atoms with Crippen LogP contribution >= 0.6 is 0 Å². The minimum Gasteiger partial charge on any atom is -0.493 e. The monoisotopic (exact) mass is 408 g/mol. The predicted octanol–water partition coefficient (Wildman–Crippen LogP) is 4.44. The molecule has 7 heteroatoms. The van der Waals surface area contributed by atoms with E-state index in [0.717, 1.165) is 41.6 Å². The molecule has 0 unspecified atom stereocenters. The Morgan fingerprint density at radius 1 is 1.27 bits per heavy atom. The van der Waals surface area contributed by atoms with E-state index in [0.29, 0.717) is 12.3 Å². The number of aromatic amines is 1. The van der Waals surface area contributed by atoms with Crippen molar-refractivity contribution in [3.63, 3.8) is 0 Å². The van der Waals surface area contributed by atoms with Crippen LogP contribution in [0.3, 0.4) is 0 Å². The quantitative estimate of drug-likeness (QED) is 0.654. The Morgan fingerprint density at radius 2 is 2.17 bits per heavy atom. The zero-order chi connectivity index (χ0) is 20.9. The fourth-order valence-electron chi connectivity index (χ4n) is 4.03. The number of hydrogen-bond donors (Lipinski definition) is 1. The molecule has 30 heavy (non-hydrogen) atoms. The van der Waals surface area contributed by atoms with Gasteiger partial charge in [0.25, 0.3) is 0 Å². The Kier molecular flexibility index (Phi) is 6.07. The van der Waals surface area contributed by atoms with E-state index in [2.05, 4.69) is 15.2 Å². The van der Waals surface area contributed by atoms with Gasteiger partial charge >= 0.3 is 0 Å². The van der Waals surface area contributed by atoms with Crippen molar-refractivity contribution in [3.8, 4) is 16.9 Å². The van der Waals surface area contributed by atoms with Crippen LogP contribution in [0.2, 0.25) is 0 Å². The lowest BCUT2D eigenvalue weighted by atomic mass is 9.93. The number of carbonyl (C=O) groups is 1. The number of nitrogens with one attached hydrogen (secondary N) is 1. The molecule has 1 atom stereocenters. The third-order valence-electron chi connectivity index (χ3n) is 5.52. The molecule has 156 valence electrons. The lowest BCUT2D eigenvalue weighted by Crippen LogP contribution is -2.39. The first kappa shape index (κ1) is 20.1. The summed E-state index contributed by atoms with van der Waals surface area (Å²) in [4.78, 5) is 19.1. The fourth-order valence-corrected chi connectivity index (χ4v) is 4.03. The second kappa shape index (κ2) is 9.07. The number of H-pyrrole nitrogens is 1. The standard InChI is InChI=1S/C23H25FN4O2/c1-16-14-25-10-8-19(16)20-15-26-27-23(20)21-7-2-3-11-28(21)22(29)9-12-30-18-6-4-5-17(24)13-18/h4-6,8,10,13-15,21H,2-3,7,9,11-12H2,1H3,(H,26,27)/t21-/m1/s1. The maximum absolute atomic E-state index is 13.3. The van der Waals surface area contributed by atoms with Gasteiger partial charge in [-0.1, -0.05) is 6.07 Å². The normalized spacial score (nSPS) is 16.5. The molecule has 0 aliphatic carbocycles. The van der Waals surface area contributed by atoms with Gasteiger partial charge in [0, 0.05) is 30.6 Å². The van der Waals surface area contributed by atoms with Gasteiger partial charge < -0.3 is 9.64 Å². The SMILES string of the molecule is Cc1cnccc1-c1cn[nH]c1[C@H]1CCCCN1C(=O)CCOc1cccc(F)c1. The summed E-state index contributed by atoms with van der Waals surface area (Å²) >= 11 is 0. The van der Waals surface area contributed by atoms with E-state index < -0.39 is 0 Å². The fraction of sp³-hybridized carbons (Fsp3) is 0.348. The van der Waals surface area contributed by atoms with Crippen molar-refractivity contribution in [1.82, 2.24) is 20.1 Å². The summed E-state index contributed by atoms with van der Waals surface area (Å²) in [5, 5.41) is 7.41. The van der Waals surface area contributed by atoms with E-state index in [1.54, 1.807) is 18.3 Å². The summed E-state index contributed by atoms with van der Waals surface area (Å²) in [6.45, 7) is 2.94. The largest absolute Gasteiger partial charge is 0.493 e. The Bertz CT molecular complexity index is 1020. The summed E-state index contributed by atoms with van der Waals surface area (Å²) in [6, 6.07) is 7.89. The first-order valence-electron chi connectivity index (χ1n) is 10.3. The molecule has 1 aliphatic rings. The highest BCUT2D eigenvalue weighted by atomic mass is 19.1. The van der Waals surface area contributed by atoms with E-state index in [1.165, 1.54) is 12.1 Å². The van der Waals surface area contributed by atoms with Gasteiger partial charge in [0.2, 0.25) is 5.91 Å². The van der Waals surface area contributed by atoms with E-state index in [9.17, 15) is 9.18 Å². The Balaban J connectivity index is 1.48. The minimum absolute atomic E-state index is 0.0307. The van der Waals surface area contributed by atoms with Crippen molar-refractivity contribution in [2.75, 3.05) is 13.2 Å². The van der Waals surface area contributed by atoms with Crippen molar-refractivity contribution in [3.05, 3.63) is 66.0 Å². The lowest BCUT2D eigenvalue weighted by molar-refractivity contribution is -0.135. The van der Waals surface area contributed by atoms with Crippen LogP contribution in [0, 0.1) is 12.7 Å². The molecule has 0 spiro atoms. The molecule has 0 saturated carbocycles. The van der Waals surface area contributed by atoms with Gasteiger partial charge in [0.15, 0.2) is 0 Å². The molecule has 1 aromatic carbocycles. The molecule has 6 nitrogen and oxygen atoms in total. The van der Waals surface area contributed by atoms with Crippen LogP contribution < -0.4 is 4.74 Å². The summed E-state index contributed by atoms with van der Waals surface area (Å²) in [5.41, 5.74) is 4.11. The molecule has 1 saturated heterocycles. The molecule has 1 amide bonds. The Hall–Kier alpha value is -3.22. The van der Waals surface area contributed by atoms with Crippen molar-refractivity contribution >= 4 is 5.91 Å². The lowest BCUT2D eigenvalue weighted by Gasteiger charge is -2.36. The number of hydrogen-bond acceptors (Lipinski definition) is 4. The number of ether oxygens (including phenoxy) is 1. The van der Waals surface area contributed by atoms with Gasteiger partial charge in [0.05, 0.1) is 31.0 Å². The van der Waals surface area contributed by atoms with Gasteiger partial charge in [-0.2, -0.15) is 5.10 Å². The van der Waals surface area contributed by atoms with E-state index in [1.807, 2.05) is 30.3 Å².